The van der Waals surface area contributed by atoms with E-state index in [2.05, 4.69) is 4.98 Å². The molecule has 0 spiro atoms. The van der Waals surface area contributed by atoms with Crippen LogP contribution in [0, 0.1) is 5.82 Å². The minimum absolute atomic E-state index is 0.213. The fraction of sp³-hybridized carbons (Fsp3) is 0.133. The Balaban J connectivity index is 2.33. The quantitative estimate of drug-likeness (QED) is 0.660. The number of hydrogen-bond donors (Lipinski definition) is 0. The van der Waals surface area contributed by atoms with Crippen molar-refractivity contribution in [3.63, 3.8) is 0 Å². The molecule has 21 heavy (non-hydrogen) atoms. The second-order valence-electron chi connectivity index (χ2n) is 4.45. The average Bonchev–Trinajstić information content (AvgIpc) is 2.84. The lowest BCUT2D eigenvalue weighted by Gasteiger charge is -2.10. The van der Waals surface area contributed by atoms with E-state index in [1.165, 1.54) is 12.1 Å². The van der Waals surface area contributed by atoms with Gasteiger partial charge in [-0.15, -0.1) is 11.6 Å². The zero-order valence-corrected chi connectivity index (χ0v) is 12.6. The minimum Gasteiger partial charge on any atom is -0.497 e. The van der Waals surface area contributed by atoms with Gasteiger partial charge >= 0.3 is 0 Å². The molecular formula is C15H11Cl2FN2O. The molecule has 0 amide bonds. The van der Waals surface area contributed by atoms with Crippen LogP contribution in [-0.4, -0.2) is 16.7 Å². The molecule has 0 saturated heterocycles. The van der Waals surface area contributed by atoms with Gasteiger partial charge in [0, 0.05) is 6.07 Å². The molecule has 0 unspecified atom stereocenters. The Kier molecular flexibility index (Phi) is 3.74. The van der Waals surface area contributed by atoms with Crippen molar-refractivity contribution in [1.82, 2.24) is 9.55 Å². The van der Waals surface area contributed by atoms with Crippen molar-refractivity contribution in [3.05, 3.63) is 53.1 Å². The standard InChI is InChI=1S/C15H11Cl2FN2O/c1-21-10-3-4-12-14(7-10)20(15(8-16)19-12)13-5-2-9(18)6-11(13)17/h2-7H,8H2,1H3. The van der Waals surface area contributed by atoms with Crippen LogP contribution in [-0.2, 0) is 5.88 Å². The molecule has 0 saturated carbocycles. The molecule has 0 bridgehead atoms. The summed E-state index contributed by atoms with van der Waals surface area (Å²) in [6.45, 7) is 0. The molecule has 3 rings (SSSR count). The van der Waals surface area contributed by atoms with E-state index in [0.29, 0.717) is 22.3 Å². The molecule has 0 fully saturated rings. The summed E-state index contributed by atoms with van der Waals surface area (Å²) in [7, 11) is 1.59. The van der Waals surface area contributed by atoms with Crippen LogP contribution in [0.5, 0.6) is 5.75 Å². The van der Waals surface area contributed by atoms with E-state index in [4.69, 9.17) is 27.9 Å². The van der Waals surface area contributed by atoms with Crippen molar-refractivity contribution in [2.75, 3.05) is 7.11 Å². The van der Waals surface area contributed by atoms with Gasteiger partial charge in [0.15, 0.2) is 0 Å². The number of halogens is 3. The van der Waals surface area contributed by atoms with Crippen molar-refractivity contribution in [3.8, 4) is 11.4 Å². The Labute approximate surface area is 130 Å². The summed E-state index contributed by atoms with van der Waals surface area (Å²) in [5, 5.41) is 0.295. The highest BCUT2D eigenvalue weighted by atomic mass is 35.5. The van der Waals surface area contributed by atoms with E-state index >= 15 is 0 Å². The maximum absolute atomic E-state index is 13.2. The lowest BCUT2D eigenvalue weighted by Crippen LogP contribution is -2.00. The van der Waals surface area contributed by atoms with Gasteiger partial charge in [-0.05, 0) is 30.3 Å². The molecule has 3 aromatic rings. The summed E-state index contributed by atoms with van der Waals surface area (Å²) in [5.74, 6) is 1.15. The zero-order chi connectivity index (χ0) is 15.0. The van der Waals surface area contributed by atoms with Crippen LogP contribution < -0.4 is 4.74 Å². The first-order valence-electron chi connectivity index (χ1n) is 6.21. The molecule has 2 aromatic carbocycles. The Bertz CT molecular complexity index is 817. The van der Waals surface area contributed by atoms with Gasteiger partial charge in [0.2, 0.25) is 0 Å². The summed E-state index contributed by atoms with van der Waals surface area (Å²) < 4.78 is 20.3. The van der Waals surface area contributed by atoms with Gasteiger partial charge in [0.05, 0.1) is 34.7 Å². The SMILES string of the molecule is COc1ccc2nc(CCl)n(-c3ccc(F)cc3Cl)c2c1. The van der Waals surface area contributed by atoms with Crippen LogP contribution in [0.15, 0.2) is 36.4 Å². The number of alkyl halides is 1. The first kappa shape index (κ1) is 14.2. The van der Waals surface area contributed by atoms with Crippen LogP contribution in [0.4, 0.5) is 4.39 Å². The number of aromatic nitrogens is 2. The van der Waals surface area contributed by atoms with E-state index < -0.39 is 5.82 Å². The maximum Gasteiger partial charge on any atom is 0.129 e. The van der Waals surface area contributed by atoms with E-state index in [1.807, 2.05) is 22.8 Å². The number of imidazole rings is 1. The van der Waals surface area contributed by atoms with Gasteiger partial charge in [-0.25, -0.2) is 9.37 Å². The van der Waals surface area contributed by atoms with Crippen molar-refractivity contribution < 1.29 is 9.13 Å². The van der Waals surface area contributed by atoms with Crippen molar-refractivity contribution >= 4 is 34.2 Å². The van der Waals surface area contributed by atoms with Crippen LogP contribution >= 0.6 is 23.2 Å². The Morgan fingerprint density at radius 1 is 1.24 bits per heavy atom. The van der Waals surface area contributed by atoms with Gasteiger partial charge in [0.25, 0.3) is 0 Å². The summed E-state index contributed by atoms with van der Waals surface area (Å²) in [5.41, 5.74) is 2.20. The summed E-state index contributed by atoms with van der Waals surface area (Å²) >= 11 is 12.1. The van der Waals surface area contributed by atoms with Crippen molar-refractivity contribution in [2.45, 2.75) is 5.88 Å². The predicted molar refractivity (Wildman–Crippen MR) is 82.1 cm³/mol. The summed E-state index contributed by atoms with van der Waals surface area (Å²) in [4.78, 5) is 4.47. The molecule has 6 heteroatoms. The number of hydrogen-bond acceptors (Lipinski definition) is 2. The fourth-order valence-corrected chi connectivity index (χ4v) is 2.68. The van der Waals surface area contributed by atoms with Gasteiger partial charge in [0.1, 0.15) is 17.4 Å². The highest BCUT2D eigenvalue weighted by Crippen LogP contribution is 2.30. The molecule has 1 aromatic heterocycles. The predicted octanol–water partition coefficient (Wildman–Crippen LogP) is 4.57. The highest BCUT2D eigenvalue weighted by Gasteiger charge is 2.15. The van der Waals surface area contributed by atoms with Gasteiger partial charge in [-0.2, -0.15) is 0 Å². The second-order valence-corrected chi connectivity index (χ2v) is 5.12. The second kappa shape index (κ2) is 5.54. The van der Waals surface area contributed by atoms with Crippen LogP contribution in [0.25, 0.3) is 16.7 Å². The van der Waals surface area contributed by atoms with E-state index in [0.717, 1.165) is 11.0 Å². The van der Waals surface area contributed by atoms with Gasteiger partial charge in [-0.3, -0.25) is 4.57 Å². The summed E-state index contributed by atoms with van der Waals surface area (Å²) in [6.07, 6.45) is 0. The summed E-state index contributed by atoms with van der Waals surface area (Å²) in [6, 6.07) is 9.74. The Morgan fingerprint density at radius 3 is 2.71 bits per heavy atom. The van der Waals surface area contributed by atoms with Crippen LogP contribution in [0.2, 0.25) is 5.02 Å². The number of ether oxygens (including phenoxy) is 1. The lowest BCUT2D eigenvalue weighted by molar-refractivity contribution is 0.415. The van der Waals surface area contributed by atoms with Gasteiger partial charge in [-0.1, -0.05) is 11.6 Å². The van der Waals surface area contributed by atoms with Crippen molar-refractivity contribution in [2.24, 2.45) is 0 Å². The van der Waals surface area contributed by atoms with Crippen LogP contribution in [0.1, 0.15) is 5.82 Å². The largest absolute Gasteiger partial charge is 0.497 e. The molecule has 0 aliphatic heterocycles. The smallest absolute Gasteiger partial charge is 0.129 e. The van der Waals surface area contributed by atoms with E-state index in [1.54, 1.807) is 13.2 Å². The maximum atomic E-state index is 13.2. The molecule has 0 N–H and O–H groups in total. The monoisotopic (exact) mass is 324 g/mol. The third kappa shape index (κ3) is 2.45. The first-order valence-corrected chi connectivity index (χ1v) is 7.12. The third-order valence-corrected chi connectivity index (χ3v) is 3.74. The molecule has 3 nitrogen and oxygen atoms in total. The van der Waals surface area contributed by atoms with Gasteiger partial charge < -0.3 is 4.74 Å². The molecule has 1 heterocycles. The number of fused-ring (bicyclic) bond motifs is 1. The lowest BCUT2D eigenvalue weighted by atomic mass is 10.2. The Morgan fingerprint density at radius 2 is 2.05 bits per heavy atom. The molecule has 108 valence electrons. The number of nitrogens with zero attached hydrogens (tertiary/aromatic N) is 2. The average molecular weight is 325 g/mol. The molecule has 0 aliphatic rings. The fourth-order valence-electron chi connectivity index (χ4n) is 2.25. The zero-order valence-electron chi connectivity index (χ0n) is 11.1. The van der Waals surface area contributed by atoms with Crippen LogP contribution in [0.3, 0.4) is 0 Å². The molecule has 0 radical (unpaired) electrons. The van der Waals surface area contributed by atoms with E-state index in [-0.39, 0.29) is 5.88 Å². The number of rotatable bonds is 3. The third-order valence-electron chi connectivity index (χ3n) is 3.20. The van der Waals surface area contributed by atoms with Crippen molar-refractivity contribution in [1.29, 1.82) is 0 Å². The Hall–Kier alpha value is -1.78. The minimum atomic E-state index is -0.391. The number of methoxy groups -OCH3 is 1. The highest BCUT2D eigenvalue weighted by molar-refractivity contribution is 6.32. The molecule has 0 aliphatic carbocycles. The first-order chi connectivity index (χ1) is 10.1. The number of benzene rings is 2. The van der Waals surface area contributed by atoms with E-state index in [9.17, 15) is 4.39 Å². The topological polar surface area (TPSA) is 27.1 Å². The molecule has 0 atom stereocenters. The molecular weight excluding hydrogens is 314 g/mol. The normalized spacial score (nSPS) is 11.0.